The molecular formula is C13H13BrN2O2. The van der Waals surface area contributed by atoms with Gasteiger partial charge in [-0.05, 0) is 31.2 Å². The van der Waals surface area contributed by atoms with E-state index in [1.54, 1.807) is 35.0 Å². The number of aromatic nitrogens is 1. The van der Waals surface area contributed by atoms with E-state index >= 15 is 0 Å². The number of carbonyl (C=O) groups excluding carboxylic acids is 1. The third kappa shape index (κ3) is 2.56. The van der Waals surface area contributed by atoms with Gasteiger partial charge in [-0.15, -0.1) is 0 Å². The quantitative estimate of drug-likeness (QED) is 0.700. The van der Waals surface area contributed by atoms with Gasteiger partial charge in [0.15, 0.2) is 0 Å². The first kappa shape index (κ1) is 12.7. The molecule has 94 valence electrons. The summed E-state index contributed by atoms with van der Waals surface area (Å²) in [5, 5.41) is 0. The number of hydrogen-bond donors (Lipinski definition) is 1. The summed E-state index contributed by atoms with van der Waals surface area (Å²) < 4.78 is 7.90. The Bertz CT molecular complexity index is 578. The van der Waals surface area contributed by atoms with Crippen LogP contribution in [0.3, 0.4) is 0 Å². The predicted octanol–water partition coefficient (Wildman–Crippen LogP) is 3.07. The van der Waals surface area contributed by atoms with Crippen molar-refractivity contribution in [3.05, 3.63) is 46.6 Å². The number of rotatable bonds is 3. The molecule has 1 heterocycles. The van der Waals surface area contributed by atoms with Crippen molar-refractivity contribution in [3.8, 4) is 5.75 Å². The normalized spacial score (nSPS) is 10.3. The van der Waals surface area contributed by atoms with Crippen LogP contribution in [0.15, 0.2) is 41.0 Å². The van der Waals surface area contributed by atoms with E-state index < -0.39 is 5.97 Å². The molecule has 0 aliphatic carbocycles. The second-order valence-corrected chi connectivity index (χ2v) is 4.66. The van der Waals surface area contributed by atoms with Gasteiger partial charge in [0.1, 0.15) is 17.1 Å². The molecule has 2 aromatic rings. The lowest BCUT2D eigenvalue weighted by atomic mass is 10.3. The number of esters is 1. The summed E-state index contributed by atoms with van der Waals surface area (Å²) >= 11 is 3.32. The Balaban J connectivity index is 2.19. The van der Waals surface area contributed by atoms with E-state index in [2.05, 4.69) is 15.9 Å². The van der Waals surface area contributed by atoms with E-state index in [1.165, 1.54) is 0 Å². The molecule has 0 unspecified atom stereocenters. The fourth-order valence-electron chi connectivity index (χ4n) is 1.63. The van der Waals surface area contributed by atoms with Gasteiger partial charge in [0, 0.05) is 17.2 Å². The number of halogens is 1. The minimum atomic E-state index is -0.446. The van der Waals surface area contributed by atoms with E-state index in [0.29, 0.717) is 17.1 Å². The monoisotopic (exact) mass is 308 g/mol. The molecule has 18 heavy (non-hydrogen) atoms. The zero-order valence-corrected chi connectivity index (χ0v) is 11.5. The molecule has 4 nitrogen and oxygen atoms in total. The van der Waals surface area contributed by atoms with E-state index in [9.17, 15) is 4.79 Å². The summed E-state index contributed by atoms with van der Waals surface area (Å²) in [5.41, 5.74) is 6.24. The molecule has 0 amide bonds. The smallest absolute Gasteiger partial charge is 0.347 e. The van der Waals surface area contributed by atoms with Gasteiger partial charge in [-0.3, -0.25) is 0 Å². The fourth-order valence-corrected chi connectivity index (χ4v) is 2.00. The molecule has 0 fully saturated rings. The van der Waals surface area contributed by atoms with Crippen LogP contribution in [0.4, 0.5) is 5.82 Å². The lowest BCUT2D eigenvalue weighted by molar-refractivity contribution is 0.0736. The number of nitrogen functional groups attached to an aromatic ring is 1. The summed E-state index contributed by atoms with van der Waals surface area (Å²) in [6.07, 6.45) is 1.77. The highest BCUT2D eigenvalue weighted by molar-refractivity contribution is 9.10. The van der Waals surface area contributed by atoms with Crippen LogP contribution in [-0.4, -0.2) is 10.5 Å². The number of carbonyl (C=O) groups is 1. The number of ether oxygens (including phenoxy) is 1. The molecule has 2 N–H and O–H groups in total. The second kappa shape index (κ2) is 5.27. The van der Waals surface area contributed by atoms with E-state index in [-0.39, 0.29) is 0 Å². The van der Waals surface area contributed by atoms with Gasteiger partial charge < -0.3 is 15.0 Å². The summed E-state index contributed by atoms with van der Waals surface area (Å²) in [4.78, 5) is 11.9. The SMILES string of the molecule is CCn1ccc(C(=O)Oc2cccc(Br)c2)c1N. The fraction of sp³-hybridized carbons (Fsp3) is 0.154. The van der Waals surface area contributed by atoms with Gasteiger partial charge in [0.05, 0.1) is 0 Å². The maximum Gasteiger partial charge on any atom is 0.347 e. The summed E-state index contributed by atoms with van der Waals surface area (Å²) in [7, 11) is 0. The van der Waals surface area contributed by atoms with Crippen LogP contribution in [0.5, 0.6) is 5.75 Å². The van der Waals surface area contributed by atoms with Crippen LogP contribution in [0.1, 0.15) is 17.3 Å². The van der Waals surface area contributed by atoms with Gasteiger partial charge in [-0.1, -0.05) is 22.0 Å². The minimum Gasteiger partial charge on any atom is -0.423 e. The third-order valence-corrected chi connectivity index (χ3v) is 3.07. The molecule has 0 saturated heterocycles. The van der Waals surface area contributed by atoms with Gasteiger partial charge in [-0.25, -0.2) is 4.79 Å². The molecule has 1 aromatic heterocycles. The Morgan fingerprint density at radius 2 is 2.22 bits per heavy atom. The van der Waals surface area contributed by atoms with Crippen LogP contribution < -0.4 is 10.5 Å². The number of hydrogen-bond acceptors (Lipinski definition) is 3. The Hall–Kier alpha value is -1.75. The summed E-state index contributed by atoms with van der Waals surface area (Å²) in [6.45, 7) is 2.68. The largest absolute Gasteiger partial charge is 0.423 e. The number of nitrogens with two attached hydrogens (primary N) is 1. The van der Waals surface area contributed by atoms with Crippen molar-refractivity contribution in [2.45, 2.75) is 13.5 Å². The first-order valence-electron chi connectivity index (χ1n) is 5.54. The molecule has 0 saturated carbocycles. The Morgan fingerprint density at radius 1 is 1.44 bits per heavy atom. The Kier molecular flexibility index (Phi) is 3.72. The van der Waals surface area contributed by atoms with Crippen LogP contribution in [0.25, 0.3) is 0 Å². The highest BCUT2D eigenvalue weighted by atomic mass is 79.9. The lowest BCUT2D eigenvalue weighted by Crippen LogP contribution is -2.11. The van der Waals surface area contributed by atoms with E-state index in [4.69, 9.17) is 10.5 Å². The molecule has 1 aromatic carbocycles. The first-order chi connectivity index (χ1) is 8.61. The van der Waals surface area contributed by atoms with Crippen molar-refractivity contribution in [3.63, 3.8) is 0 Å². The highest BCUT2D eigenvalue weighted by Crippen LogP contribution is 2.21. The Labute approximate surface area is 113 Å². The molecule has 0 spiro atoms. The maximum absolute atomic E-state index is 11.9. The topological polar surface area (TPSA) is 57.2 Å². The number of nitrogens with zero attached hydrogens (tertiary/aromatic N) is 1. The average molecular weight is 309 g/mol. The zero-order valence-electron chi connectivity index (χ0n) is 9.89. The molecule has 5 heteroatoms. The van der Waals surface area contributed by atoms with Gasteiger partial charge in [0.2, 0.25) is 0 Å². The van der Waals surface area contributed by atoms with E-state index in [0.717, 1.165) is 11.0 Å². The molecule has 0 radical (unpaired) electrons. The van der Waals surface area contributed by atoms with Crippen molar-refractivity contribution in [1.29, 1.82) is 0 Å². The predicted molar refractivity (Wildman–Crippen MR) is 73.6 cm³/mol. The molecule has 0 aliphatic rings. The third-order valence-electron chi connectivity index (χ3n) is 2.57. The number of benzene rings is 1. The van der Waals surface area contributed by atoms with Gasteiger partial charge >= 0.3 is 5.97 Å². The molecule has 0 atom stereocenters. The standard InChI is InChI=1S/C13H13BrN2O2/c1-2-16-7-6-11(12(16)15)13(17)18-10-5-3-4-9(14)8-10/h3-8H,2,15H2,1H3. The maximum atomic E-state index is 11.9. The minimum absolute atomic E-state index is 0.386. The van der Waals surface area contributed by atoms with Crippen LogP contribution in [0.2, 0.25) is 0 Å². The van der Waals surface area contributed by atoms with Gasteiger partial charge in [0.25, 0.3) is 0 Å². The lowest BCUT2D eigenvalue weighted by Gasteiger charge is -2.05. The van der Waals surface area contributed by atoms with Gasteiger partial charge in [-0.2, -0.15) is 0 Å². The van der Waals surface area contributed by atoms with Crippen LogP contribution >= 0.6 is 15.9 Å². The summed E-state index contributed by atoms with van der Waals surface area (Å²) in [5.74, 6) is 0.466. The van der Waals surface area contributed by atoms with Crippen molar-refractivity contribution >= 4 is 27.7 Å². The zero-order chi connectivity index (χ0) is 13.1. The second-order valence-electron chi connectivity index (χ2n) is 3.75. The molecule has 0 bridgehead atoms. The molecular weight excluding hydrogens is 296 g/mol. The summed E-state index contributed by atoms with van der Waals surface area (Å²) in [6, 6.07) is 8.77. The highest BCUT2D eigenvalue weighted by Gasteiger charge is 2.15. The first-order valence-corrected chi connectivity index (χ1v) is 6.33. The average Bonchev–Trinajstić information content (AvgIpc) is 2.70. The Morgan fingerprint density at radius 3 is 2.83 bits per heavy atom. The van der Waals surface area contributed by atoms with Crippen LogP contribution in [0, 0.1) is 0 Å². The van der Waals surface area contributed by atoms with E-state index in [1.807, 2.05) is 13.0 Å². The van der Waals surface area contributed by atoms with Crippen molar-refractivity contribution < 1.29 is 9.53 Å². The van der Waals surface area contributed by atoms with Crippen LogP contribution in [-0.2, 0) is 6.54 Å². The number of anilines is 1. The molecule has 2 rings (SSSR count). The van der Waals surface area contributed by atoms with Crippen molar-refractivity contribution in [2.75, 3.05) is 5.73 Å². The molecule has 0 aliphatic heterocycles. The van der Waals surface area contributed by atoms with Crippen molar-refractivity contribution in [1.82, 2.24) is 4.57 Å². The van der Waals surface area contributed by atoms with Crippen molar-refractivity contribution in [2.24, 2.45) is 0 Å². The number of aryl methyl sites for hydroxylation is 1.